The molecule has 1 heterocycles. The lowest BCUT2D eigenvalue weighted by molar-refractivity contribution is 0.807. The van der Waals surface area contributed by atoms with Crippen LogP contribution in [0.15, 0.2) is 12.3 Å². The number of pyridine rings is 1. The van der Waals surface area contributed by atoms with Crippen LogP contribution in [0, 0.1) is 12.8 Å². The van der Waals surface area contributed by atoms with E-state index in [1.165, 1.54) is 12.0 Å². The number of nitrogens with zero attached hydrogens (tertiary/aromatic N) is 1. The van der Waals surface area contributed by atoms with E-state index in [0.29, 0.717) is 17.0 Å². The summed E-state index contributed by atoms with van der Waals surface area (Å²) in [6.07, 6.45) is 3.08. The molecule has 1 aromatic rings. The monoisotopic (exact) mass is 196 g/mol. The van der Waals surface area contributed by atoms with Crippen molar-refractivity contribution in [1.29, 1.82) is 0 Å². The predicted molar refractivity (Wildman–Crippen MR) is 53.9 cm³/mol. The first kappa shape index (κ1) is 8.97. The molecule has 1 aliphatic rings. The molecule has 3 heteroatoms. The van der Waals surface area contributed by atoms with Gasteiger partial charge in [0.15, 0.2) is 0 Å². The molecule has 1 fully saturated rings. The van der Waals surface area contributed by atoms with Gasteiger partial charge in [-0.1, -0.05) is 17.7 Å². The SMILES string of the molecule is Cc1cc([C@@H]2C[C@H]2CN)cnc1Cl. The minimum Gasteiger partial charge on any atom is -0.330 e. The first-order chi connectivity index (χ1) is 6.22. The van der Waals surface area contributed by atoms with Crippen LogP contribution in [0.3, 0.4) is 0 Å². The van der Waals surface area contributed by atoms with Crippen molar-refractivity contribution in [2.75, 3.05) is 6.54 Å². The molecule has 0 bridgehead atoms. The van der Waals surface area contributed by atoms with Crippen molar-refractivity contribution in [3.63, 3.8) is 0 Å². The van der Waals surface area contributed by atoms with E-state index < -0.39 is 0 Å². The number of nitrogens with two attached hydrogens (primary N) is 1. The van der Waals surface area contributed by atoms with Gasteiger partial charge in [-0.05, 0) is 42.9 Å². The quantitative estimate of drug-likeness (QED) is 0.736. The van der Waals surface area contributed by atoms with Crippen molar-refractivity contribution in [3.8, 4) is 0 Å². The first-order valence-corrected chi connectivity index (χ1v) is 4.92. The van der Waals surface area contributed by atoms with Gasteiger partial charge in [-0.25, -0.2) is 4.98 Å². The third-order valence-corrected chi connectivity index (χ3v) is 3.08. The van der Waals surface area contributed by atoms with Gasteiger partial charge in [0, 0.05) is 6.20 Å². The molecule has 1 saturated carbocycles. The van der Waals surface area contributed by atoms with Gasteiger partial charge in [0.05, 0.1) is 0 Å². The Labute approximate surface area is 83.1 Å². The van der Waals surface area contributed by atoms with Crippen LogP contribution in [0.5, 0.6) is 0 Å². The second-order valence-corrected chi connectivity index (χ2v) is 4.07. The molecule has 1 aromatic heterocycles. The van der Waals surface area contributed by atoms with Crippen LogP contribution in [0.4, 0.5) is 0 Å². The fourth-order valence-electron chi connectivity index (χ4n) is 1.70. The lowest BCUT2D eigenvalue weighted by Crippen LogP contribution is -2.02. The fraction of sp³-hybridized carbons (Fsp3) is 0.500. The fourth-order valence-corrected chi connectivity index (χ4v) is 1.80. The number of hydrogen-bond donors (Lipinski definition) is 1. The molecule has 0 unspecified atom stereocenters. The molecule has 0 spiro atoms. The smallest absolute Gasteiger partial charge is 0.131 e. The van der Waals surface area contributed by atoms with Crippen LogP contribution in [0.1, 0.15) is 23.5 Å². The Morgan fingerprint density at radius 2 is 2.46 bits per heavy atom. The van der Waals surface area contributed by atoms with E-state index in [1.807, 2.05) is 13.1 Å². The molecule has 2 N–H and O–H groups in total. The van der Waals surface area contributed by atoms with Crippen LogP contribution in [0.25, 0.3) is 0 Å². The van der Waals surface area contributed by atoms with Gasteiger partial charge >= 0.3 is 0 Å². The summed E-state index contributed by atoms with van der Waals surface area (Å²) in [7, 11) is 0. The van der Waals surface area contributed by atoms with Crippen molar-refractivity contribution < 1.29 is 0 Å². The standard InChI is InChI=1S/C10H13ClN2/c1-6-2-8(5-13-10(6)11)9-3-7(9)4-12/h2,5,7,9H,3-4,12H2,1H3/t7-,9+/m0/s1. The van der Waals surface area contributed by atoms with E-state index in [2.05, 4.69) is 11.1 Å². The number of hydrogen-bond acceptors (Lipinski definition) is 2. The number of halogens is 1. The largest absolute Gasteiger partial charge is 0.330 e. The minimum atomic E-state index is 0.605. The van der Waals surface area contributed by atoms with Crippen molar-refractivity contribution in [2.24, 2.45) is 11.7 Å². The second kappa shape index (κ2) is 3.28. The van der Waals surface area contributed by atoms with Gasteiger partial charge in [0.1, 0.15) is 5.15 Å². The Bertz CT molecular complexity index is 325. The highest BCUT2D eigenvalue weighted by atomic mass is 35.5. The normalized spacial score (nSPS) is 26.1. The zero-order valence-electron chi connectivity index (χ0n) is 7.63. The minimum absolute atomic E-state index is 0.605. The summed E-state index contributed by atoms with van der Waals surface area (Å²) in [4.78, 5) is 4.13. The van der Waals surface area contributed by atoms with Crippen LogP contribution >= 0.6 is 11.6 Å². The van der Waals surface area contributed by atoms with Gasteiger partial charge in [-0.2, -0.15) is 0 Å². The zero-order valence-corrected chi connectivity index (χ0v) is 8.38. The average Bonchev–Trinajstić information content (AvgIpc) is 2.88. The Kier molecular flexibility index (Phi) is 2.26. The summed E-state index contributed by atoms with van der Waals surface area (Å²) >= 11 is 5.84. The highest BCUT2D eigenvalue weighted by Crippen LogP contribution is 2.46. The van der Waals surface area contributed by atoms with E-state index in [4.69, 9.17) is 17.3 Å². The molecule has 0 radical (unpaired) electrons. The number of aryl methyl sites for hydroxylation is 1. The van der Waals surface area contributed by atoms with Crippen molar-refractivity contribution in [1.82, 2.24) is 4.98 Å². The molecule has 1 aliphatic carbocycles. The van der Waals surface area contributed by atoms with Gasteiger partial charge in [-0.3, -0.25) is 0 Å². The van der Waals surface area contributed by atoms with Gasteiger partial charge in [-0.15, -0.1) is 0 Å². The first-order valence-electron chi connectivity index (χ1n) is 4.54. The van der Waals surface area contributed by atoms with Crippen LogP contribution < -0.4 is 5.73 Å². The van der Waals surface area contributed by atoms with E-state index in [0.717, 1.165) is 12.1 Å². The average molecular weight is 197 g/mol. The molecular weight excluding hydrogens is 184 g/mol. The van der Waals surface area contributed by atoms with Crippen LogP contribution in [0.2, 0.25) is 5.15 Å². The lowest BCUT2D eigenvalue weighted by Gasteiger charge is -2.01. The Morgan fingerprint density at radius 3 is 3.00 bits per heavy atom. The molecule has 2 rings (SSSR count). The van der Waals surface area contributed by atoms with E-state index >= 15 is 0 Å². The molecule has 2 nitrogen and oxygen atoms in total. The highest BCUT2D eigenvalue weighted by Gasteiger charge is 2.37. The Balaban J connectivity index is 2.19. The molecular formula is C10H13ClN2. The van der Waals surface area contributed by atoms with Gasteiger partial charge in [0.2, 0.25) is 0 Å². The Morgan fingerprint density at radius 1 is 1.69 bits per heavy atom. The van der Waals surface area contributed by atoms with E-state index in [9.17, 15) is 0 Å². The zero-order chi connectivity index (χ0) is 9.42. The number of aromatic nitrogens is 1. The van der Waals surface area contributed by atoms with Crippen molar-refractivity contribution in [2.45, 2.75) is 19.3 Å². The molecule has 0 aliphatic heterocycles. The van der Waals surface area contributed by atoms with Gasteiger partial charge < -0.3 is 5.73 Å². The molecule has 0 aromatic carbocycles. The third kappa shape index (κ3) is 1.69. The predicted octanol–water partition coefficient (Wildman–Crippen LogP) is 2.11. The van der Waals surface area contributed by atoms with E-state index in [1.54, 1.807) is 0 Å². The van der Waals surface area contributed by atoms with Gasteiger partial charge in [0.25, 0.3) is 0 Å². The number of rotatable bonds is 2. The van der Waals surface area contributed by atoms with Crippen LogP contribution in [-0.2, 0) is 0 Å². The maximum atomic E-state index is 5.84. The van der Waals surface area contributed by atoms with Crippen molar-refractivity contribution in [3.05, 3.63) is 28.5 Å². The lowest BCUT2D eigenvalue weighted by atomic mass is 10.1. The topological polar surface area (TPSA) is 38.9 Å². The van der Waals surface area contributed by atoms with Crippen LogP contribution in [-0.4, -0.2) is 11.5 Å². The molecule has 70 valence electrons. The summed E-state index contributed by atoms with van der Waals surface area (Å²) in [5, 5.41) is 0.605. The molecule has 2 atom stereocenters. The highest BCUT2D eigenvalue weighted by molar-refractivity contribution is 6.30. The van der Waals surface area contributed by atoms with E-state index in [-0.39, 0.29) is 0 Å². The molecule has 13 heavy (non-hydrogen) atoms. The summed E-state index contributed by atoms with van der Waals surface area (Å²) < 4.78 is 0. The maximum Gasteiger partial charge on any atom is 0.131 e. The summed E-state index contributed by atoms with van der Waals surface area (Å²) in [6.45, 7) is 2.77. The summed E-state index contributed by atoms with van der Waals surface area (Å²) in [5.41, 5.74) is 7.93. The molecule has 0 amide bonds. The summed E-state index contributed by atoms with van der Waals surface area (Å²) in [6, 6.07) is 2.12. The maximum absolute atomic E-state index is 5.84. The Hall–Kier alpha value is -0.600. The van der Waals surface area contributed by atoms with Crippen molar-refractivity contribution >= 4 is 11.6 Å². The second-order valence-electron chi connectivity index (χ2n) is 3.71. The molecule has 0 saturated heterocycles. The third-order valence-electron chi connectivity index (χ3n) is 2.69. The summed E-state index contributed by atoms with van der Waals surface area (Å²) in [5.74, 6) is 1.30.